The summed E-state index contributed by atoms with van der Waals surface area (Å²) in [4.78, 5) is 16.6. The van der Waals surface area contributed by atoms with E-state index < -0.39 is 0 Å². The van der Waals surface area contributed by atoms with E-state index in [2.05, 4.69) is 20.9 Å². The number of hydrogen-bond acceptors (Lipinski definition) is 3. The van der Waals surface area contributed by atoms with Gasteiger partial charge in [0.15, 0.2) is 0 Å². The second-order valence-electron chi connectivity index (χ2n) is 4.87. The third kappa shape index (κ3) is 2.28. The van der Waals surface area contributed by atoms with Crippen molar-refractivity contribution in [2.75, 3.05) is 5.32 Å². The standard InChI is InChI=1S/C15H14N4O/c16-10-12-3-1-2-4-13(12)18-15(20)11-5-7-19-8-6-17-14(19)9-11/h1-4,6,8,11H,5,7,9H2,(H,18,20). The number of aromatic nitrogens is 2. The molecule has 2 aromatic rings. The normalized spacial score (nSPS) is 17.1. The Balaban J connectivity index is 1.73. The molecule has 0 fully saturated rings. The lowest BCUT2D eigenvalue weighted by molar-refractivity contribution is -0.120. The number of rotatable bonds is 2. The van der Waals surface area contributed by atoms with Crippen LogP contribution in [0.1, 0.15) is 17.8 Å². The summed E-state index contributed by atoms with van der Waals surface area (Å²) in [5.74, 6) is 0.823. The molecule has 1 unspecified atom stereocenters. The first-order valence-corrected chi connectivity index (χ1v) is 6.58. The highest BCUT2D eigenvalue weighted by molar-refractivity contribution is 5.93. The highest BCUT2D eigenvalue weighted by atomic mass is 16.1. The number of nitriles is 1. The van der Waals surface area contributed by atoms with E-state index in [1.54, 1.807) is 24.4 Å². The van der Waals surface area contributed by atoms with Crippen LogP contribution in [0.25, 0.3) is 0 Å². The molecule has 20 heavy (non-hydrogen) atoms. The molecule has 1 amide bonds. The van der Waals surface area contributed by atoms with Crippen LogP contribution in [-0.2, 0) is 17.8 Å². The Morgan fingerprint density at radius 3 is 3.15 bits per heavy atom. The Kier molecular flexibility index (Phi) is 3.21. The van der Waals surface area contributed by atoms with E-state index in [9.17, 15) is 4.79 Å². The molecule has 1 aliphatic heterocycles. The predicted octanol–water partition coefficient (Wildman–Crippen LogP) is 1.96. The first-order chi connectivity index (χ1) is 9.78. The van der Waals surface area contributed by atoms with E-state index in [0.29, 0.717) is 17.7 Å². The van der Waals surface area contributed by atoms with Crippen LogP contribution in [-0.4, -0.2) is 15.5 Å². The monoisotopic (exact) mass is 266 g/mol. The lowest BCUT2D eigenvalue weighted by Crippen LogP contribution is -2.30. The fourth-order valence-corrected chi connectivity index (χ4v) is 2.50. The summed E-state index contributed by atoms with van der Waals surface area (Å²) < 4.78 is 2.08. The average Bonchev–Trinajstić information content (AvgIpc) is 2.95. The number of para-hydroxylation sites is 1. The number of benzene rings is 1. The van der Waals surface area contributed by atoms with Crippen molar-refractivity contribution < 1.29 is 4.79 Å². The topological polar surface area (TPSA) is 70.7 Å². The summed E-state index contributed by atoms with van der Waals surface area (Å²) in [5.41, 5.74) is 1.06. The number of fused-ring (bicyclic) bond motifs is 1. The highest BCUT2D eigenvalue weighted by Gasteiger charge is 2.25. The van der Waals surface area contributed by atoms with Crippen molar-refractivity contribution in [2.45, 2.75) is 19.4 Å². The van der Waals surface area contributed by atoms with Gasteiger partial charge in [-0.2, -0.15) is 5.26 Å². The zero-order chi connectivity index (χ0) is 13.9. The van der Waals surface area contributed by atoms with Crippen LogP contribution in [0.5, 0.6) is 0 Å². The lowest BCUT2D eigenvalue weighted by atomic mass is 9.96. The number of nitrogens with zero attached hydrogens (tertiary/aromatic N) is 3. The van der Waals surface area contributed by atoms with Gasteiger partial charge in [-0.25, -0.2) is 4.98 Å². The van der Waals surface area contributed by atoms with E-state index in [1.165, 1.54) is 0 Å². The molecular weight excluding hydrogens is 252 g/mol. The first-order valence-electron chi connectivity index (χ1n) is 6.58. The van der Waals surface area contributed by atoms with Gasteiger partial charge in [0, 0.05) is 31.3 Å². The number of carbonyl (C=O) groups is 1. The largest absolute Gasteiger partial charge is 0.335 e. The molecular formula is C15H14N4O. The SMILES string of the molecule is N#Cc1ccccc1NC(=O)C1CCn2ccnc2C1. The minimum absolute atomic E-state index is 0.0399. The van der Waals surface area contributed by atoms with Gasteiger partial charge in [0.25, 0.3) is 0 Å². The molecule has 5 nitrogen and oxygen atoms in total. The van der Waals surface area contributed by atoms with E-state index in [-0.39, 0.29) is 11.8 Å². The van der Waals surface area contributed by atoms with Gasteiger partial charge in [-0.15, -0.1) is 0 Å². The molecule has 1 aliphatic rings. The summed E-state index contributed by atoms with van der Waals surface area (Å²) in [6.07, 6.45) is 5.15. The molecule has 0 saturated heterocycles. The van der Waals surface area contributed by atoms with Gasteiger partial charge in [-0.05, 0) is 18.6 Å². The first kappa shape index (κ1) is 12.4. The minimum Gasteiger partial charge on any atom is -0.335 e. The van der Waals surface area contributed by atoms with Crippen molar-refractivity contribution in [3.8, 4) is 6.07 Å². The minimum atomic E-state index is -0.0864. The van der Waals surface area contributed by atoms with E-state index in [4.69, 9.17) is 5.26 Å². The molecule has 100 valence electrons. The van der Waals surface area contributed by atoms with Gasteiger partial charge in [0.2, 0.25) is 5.91 Å². The molecule has 3 rings (SSSR count). The zero-order valence-corrected chi connectivity index (χ0v) is 10.9. The fraction of sp³-hybridized carbons (Fsp3) is 0.267. The maximum Gasteiger partial charge on any atom is 0.228 e. The van der Waals surface area contributed by atoms with Gasteiger partial charge < -0.3 is 9.88 Å². The van der Waals surface area contributed by atoms with Gasteiger partial charge in [0.05, 0.1) is 11.3 Å². The third-order valence-electron chi connectivity index (χ3n) is 3.63. The van der Waals surface area contributed by atoms with Crippen molar-refractivity contribution >= 4 is 11.6 Å². The molecule has 0 aliphatic carbocycles. The summed E-state index contributed by atoms with van der Waals surface area (Å²) in [7, 11) is 0. The Morgan fingerprint density at radius 2 is 2.30 bits per heavy atom. The molecule has 1 aromatic heterocycles. The summed E-state index contributed by atoms with van der Waals surface area (Å²) in [6.45, 7) is 0.813. The van der Waals surface area contributed by atoms with E-state index in [0.717, 1.165) is 18.8 Å². The van der Waals surface area contributed by atoms with Gasteiger partial charge >= 0.3 is 0 Å². The molecule has 1 N–H and O–H groups in total. The van der Waals surface area contributed by atoms with Crippen molar-refractivity contribution in [1.29, 1.82) is 5.26 Å². The van der Waals surface area contributed by atoms with Crippen molar-refractivity contribution in [2.24, 2.45) is 5.92 Å². The Labute approximate surface area is 116 Å². The summed E-state index contributed by atoms with van der Waals surface area (Å²) in [6, 6.07) is 9.12. The van der Waals surface area contributed by atoms with Crippen LogP contribution in [0.2, 0.25) is 0 Å². The Bertz CT molecular complexity index is 683. The number of amides is 1. The fourth-order valence-electron chi connectivity index (χ4n) is 2.50. The lowest BCUT2D eigenvalue weighted by Gasteiger charge is -2.22. The smallest absolute Gasteiger partial charge is 0.228 e. The van der Waals surface area contributed by atoms with E-state index in [1.807, 2.05) is 12.3 Å². The highest BCUT2D eigenvalue weighted by Crippen LogP contribution is 2.22. The van der Waals surface area contributed by atoms with Crippen molar-refractivity contribution in [3.05, 3.63) is 48.0 Å². The second-order valence-corrected chi connectivity index (χ2v) is 4.87. The molecule has 5 heteroatoms. The zero-order valence-electron chi connectivity index (χ0n) is 10.9. The molecule has 0 saturated carbocycles. The molecule has 0 bridgehead atoms. The molecule has 1 aromatic carbocycles. The molecule has 2 heterocycles. The number of anilines is 1. The summed E-state index contributed by atoms with van der Waals surface area (Å²) >= 11 is 0. The van der Waals surface area contributed by atoms with Crippen molar-refractivity contribution in [1.82, 2.24) is 9.55 Å². The van der Waals surface area contributed by atoms with Gasteiger partial charge in [-0.1, -0.05) is 12.1 Å². The third-order valence-corrected chi connectivity index (χ3v) is 3.63. The summed E-state index contributed by atoms with van der Waals surface area (Å²) in [5, 5.41) is 11.9. The maximum absolute atomic E-state index is 12.3. The van der Waals surface area contributed by atoms with Crippen LogP contribution in [0.3, 0.4) is 0 Å². The van der Waals surface area contributed by atoms with Crippen LogP contribution in [0, 0.1) is 17.2 Å². The van der Waals surface area contributed by atoms with Crippen molar-refractivity contribution in [3.63, 3.8) is 0 Å². The Hall–Kier alpha value is -2.61. The number of imidazole rings is 1. The second kappa shape index (κ2) is 5.17. The average molecular weight is 266 g/mol. The molecule has 1 atom stereocenters. The molecule has 0 radical (unpaired) electrons. The maximum atomic E-state index is 12.3. The van der Waals surface area contributed by atoms with Gasteiger partial charge in [-0.3, -0.25) is 4.79 Å². The van der Waals surface area contributed by atoms with Crippen LogP contribution >= 0.6 is 0 Å². The number of carbonyl (C=O) groups excluding carboxylic acids is 1. The quantitative estimate of drug-likeness (QED) is 0.903. The van der Waals surface area contributed by atoms with Gasteiger partial charge in [0.1, 0.15) is 11.9 Å². The Morgan fingerprint density at radius 1 is 1.45 bits per heavy atom. The number of nitrogens with one attached hydrogen (secondary N) is 1. The number of aryl methyl sites for hydroxylation is 1. The predicted molar refractivity (Wildman–Crippen MR) is 73.8 cm³/mol. The number of hydrogen-bond donors (Lipinski definition) is 1. The molecule has 0 spiro atoms. The van der Waals surface area contributed by atoms with Crippen LogP contribution in [0.15, 0.2) is 36.7 Å². The van der Waals surface area contributed by atoms with Crippen LogP contribution < -0.4 is 5.32 Å². The van der Waals surface area contributed by atoms with E-state index >= 15 is 0 Å². The van der Waals surface area contributed by atoms with Crippen LogP contribution in [0.4, 0.5) is 5.69 Å².